The van der Waals surface area contributed by atoms with Gasteiger partial charge in [0.25, 0.3) is 0 Å². The van der Waals surface area contributed by atoms with Crippen LogP contribution in [0.15, 0.2) is 72.8 Å². The quantitative estimate of drug-likeness (QED) is 0.0298. The second-order valence-corrected chi connectivity index (χ2v) is 18.5. The molecule has 0 bridgehead atoms. The summed E-state index contributed by atoms with van der Waals surface area (Å²) in [6, 6.07) is 17.9. The Bertz CT molecular complexity index is 1710. The third-order valence-corrected chi connectivity index (χ3v) is 12.3. The smallest absolute Gasteiger partial charge is 0.545 e. The molecule has 0 saturated carbocycles. The summed E-state index contributed by atoms with van der Waals surface area (Å²) in [4.78, 5) is 68.7. The van der Waals surface area contributed by atoms with Crippen LogP contribution < -0.4 is 15.3 Å². The molecule has 0 amide bonds. The van der Waals surface area contributed by atoms with E-state index in [4.69, 9.17) is 14.2 Å². The first-order chi connectivity index (χ1) is 35.0. The Balaban J connectivity index is 0.00000106. The van der Waals surface area contributed by atoms with Crippen molar-refractivity contribution in [2.75, 3.05) is 19.8 Å². The average Bonchev–Trinajstić information content (AvgIpc) is 3.38. The third-order valence-electron chi connectivity index (χ3n) is 12.3. The monoisotopic (exact) mass is 1160 g/mol. The van der Waals surface area contributed by atoms with Crippen LogP contribution in [0, 0.1) is 38.6 Å². The zero-order valence-corrected chi connectivity index (χ0v) is 46.6. The minimum atomic E-state index is -1.36. The summed E-state index contributed by atoms with van der Waals surface area (Å²) in [5.74, 6) is -5.85. The van der Waals surface area contributed by atoms with Crippen molar-refractivity contribution in [1.82, 2.24) is 0 Å². The molecule has 0 aromatic heterocycles. The van der Waals surface area contributed by atoms with Crippen molar-refractivity contribution in [3.05, 3.63) is 106 Å². The van der Waals surface area contributed by atoms with Gasteiger partial charge in [-0.05, 0) is 37.5 Å². The molecule has 0 aliphatic rings. The standard InChI is InChI=1S/3C20H30O4.Tb/c3*1-2-3-4-5-6-7-8-9-10-13-16-24-20(23)18-15-12-11-14-17(18)19(21)22;/h3*11-12,14-15H,2-10,13,16H2,1H3,(H,21,22);/q;;;+3/p-3. The first-order valence-electron chi connectivity index (χ1n) is 27.4. The Kier molecular flexibility index (Phi) is 44.7. The van der Waals surface area contributed by atoms with Crippen LogP contribution in [0.5, 0.6) is 0 Å². The average molecular weight is 1160 g/mol. The van der Waals surface area contributed by atoms with Crippen LogP contribution in [-0.4, -0.2) is 55.6 Å². The summed E-state index contributed by atoms with van der Waals surface area (Å²) in [6.07, 6.45) is 36.4. The van der Waals surface area contributed by atoms with Crippen LogP contribution in [0.3, 0.4) is 0 Å². The summed E-state index contributed by atoms with van der Waals surface area (Å²) < 4.78 is 15.5. The molecule has 13 heteroatoms. The molecule has 0 atom stereocenters. The van der Waals surface area contributed by atoms with E-state index in [1.54, 1.807) is 36.4 Å². The van der Waals surface area contributed by atoms with Crippen LogP contribution in [0.4, 0.5) is 0 Å². The van der Waals surface area contributed by atoms with Crippen molar-refractivity contribution in [3.8, 4) is 0 Å². The Morgan fingerprint density at radius 2 is 0.452 bits per heavy atom. The minimum Gasteiger partial charge on any atom is -0.545 e. The maximum atomic E-state index is 11.9. The molecule has 3 aromatic carbocycles. The molecule has 12 nitrogen and oxygen atoms in total. The number of esters is 3. The van der Waals surface area contributed by atoms with Crippen molar-refractivity contribution >= 4 is 35.8 Å². The van der Waals surface area contributed by atoms with Crippen LogP contribution in [0.2, 0.25) is 0 Å². The molecule has 0 spiro atoms. The maximum Gasteiger partial charge on any atom is 3.00 e. The van der Waals surface area contributed by atoms with Gasteiger partial charge in [-0.2, -0.15) is 0 Å². The number of carbonyl (C=O) groups is 6. The molecule has 0 radical (unpaired) electrons. The Hall–Kier alpha value is -4.23. The van der Waals surface area contributed by atoms with Gasteiger partial charge < -0.3 is 43.9 Å². The zero-order chi connectivity index (χ0) is 52.9. The minimum absolute atomic E-state index is 0. The first-order valence-corrected chi connectivity index (χ1v) is 27.4. The van der Waals surface area contributed by atoms with Crippen LogP contribution in [-0.2, 0) is 14.2 Å². The number of ether oxygens (including phenoxy) is 3. The van der Waals surface area contributed by atoms with Crippen LogP contribution in [0.1, 0.15) is 276 Å². The number of hydrogen-bond acceptors (Lipinski definition) is 12. The fraction of sp³-hybridized carbons (Fsp3) is 0.600. The summed E-state index contributed by atoms with van der Waals surface area (Å²) in [6.45, 7) is 7.67. The maximum absolute atomic E-state index is 11.9. The molecule has 0 unspecified atom stereocenters. The van der Waals surface area contributed by atoms with Gasteiger partial charge in [0.15, 0.2) is 0 Å². The van der Waals surface area contributed by atoms with Gasteiger partial charge in [0.2, 0.25) is 0 Å². The second kappa shape index (κ2) is 47.5. The molecule has 0 N–H and O–H groups in total. The fourth-order valence-corrected chi connectivity index (χ4v) is 8.01. The molecule has 408 valence electrons. The van der Waals surface area contributed by atoms with Crippen molar-refractivity contribution in [2.45, 2.75) is 213 Å². The van der Waals surface area contributed by atoms with E-state index in [1.165, 1.54) is 171 Å². The molecular formula is C60H87O12Tb. The van der Waals surface area contributed by atoms with E-state index in [2.05, 4.69) is 20.8 Å². The normalized spacial score (nSPS) is 10.4. The van der Waals surface area contributed by atoms with Gasteiger partial charge in [0.05, 0.1) is 54.4 Å². The Morgan fingerprint density at radius 3 is 0.630 bits per heavy atom. The van der Waals surface area contributed by atoms with Crippen molar-refractivity contribution in [2.24, 2.45) is 0 Å². The van der Waals surface area contributed by atoms with Crippen molar-refractivity contribution in [3.63, 3.8) is 0 Å². The number of carboxylic acids is 3. The van der Waals surface area contributed by atoms with Gasteiger partial charge in [-0.3, -0.25) is 0 Å². The van der Waals surface area contributed by atoms with E-state index in [0.717, 1.165) is 57.8 Å². The molecule has 0 saturated heterocycles. The van der Waals surface area contributed by atoms with E-state index >= 15 is 0 Å². The van der Waals surface area contributed by atoms with Gasteiger partial charge in [-0.15, -0.1) is 0 Å². The number of hydrogen-bond donors (Lipinski definition) is 0. The Morgan fingerprint density at radius 1 is 0.288 bits per heavy atom. The van der Waals surface area contributed by atoms with E-state index in [0.29, 0.717) is 19.8 Å². The molecule has 3 rings (SSSR count). The molecular weight excluding hydrogens is 1070 g/mol. The van der Waals surface area contributed by atoms with E-state index in [1.807, 2.05) is 0 Å². The van der Waals surface area contributed by atoms with E-state index in [9.17, 15) is 44.1 Å². The molecule has 0 heterocycles. The zero-order valence-electron chi connectivity index (χ0n) is 44.5. The Labute approximate surface area is 469 Å². The van der Waals surface area contributed by atoms with Crippen LogP contribution >= 0.6 is 0 Å². The SMILES string of the molecule is CCCCCCCCCCCCOC(=O)c1ccccc1C(=O)[O-].CCCCCCCCCCCCOC(=O)c1ccccc1C(=O)[O-].CCCCCCCCCCCCOC(=O)c1ccccc1C(=O)[O-].[Tb+3]. The molecule has 0 aliphatic carbocycles. The second-order valence-electron chi connectivity index (χ2n) is 18.5. The van der Waals surface area contributed by atoms with Crippen molar-refractivity contribution < 1.29 is 96.9 Å². The molecule has 73 heavy (non-hydrogen) atoms. The number of benzene rings is 3. The largest absolute Gasteiger partial charge is 3.00 e. The third kappa shape index (κ3) is 34.8. The van der Waals surface area contributed by atoms with Crippen LogP contribution in [0.25, 0.3) is 0 Å². The molecule has 3 aromatic rings. The summed E-state index contributed by atoms with van der Waals surface area (Å²) in [7, 11) is 0. The van der Waals surface area contributed by atoms with E-state index in [-0.39, 0.29) is 72.0 Å². The number of carbonyl (C=O) groups excluding carboxylic acids is 6. The van der Waals surface area contributed by atoms with E-state index < -0.39 is 35.8 Å². The van der Waals surface area contributed by atoms with Gasteiger partial charge in [0.1, 0.15) is 0 Å². The number of rotatable bonds is 39. The topological polar surface area (TPSA) is 199 Å². The number of aromatic carboxylic acids is 3. The summed E-state index contributed by atoms with van der Waals surface area (Å²) in [5.41, 5.74) is -0.180. The fourth-order valence-electron chi connectivity index (χ4n) is 8.01. The van der Waals surface area contributed by atoms with Crippen molar-refractivity contribution in [1.29, 1.82) is 0 Å². The van der Waals surface area contributed by atoms with Gasteiger partial charge in [-0.25, -0.2) is 14.4 Å². The first kappa shape index (κ1) is 68.8. The molecule has 0 aliphatic heterocycles. The number of unbranched alkanes of at least 4 members (excludes halogenated alkanes) is 27. The number of carboxylic acid groups (broad SMARTS) is 3. The predicted molar refractivity (Wildman–Crippen MR) is 279 cm³/mol. The molecule has 0 fully saturated rings. The van der Waals surface area contributed by atoms with Gasteiger partial charge >= 0.3 is 56.5 Å². The van der Waals surface area contributed by atoms with Gasteiger partial charge in [0, 0.05) is 16.7 Å². The predicted octanol–water partition coefficient (Wildman–Crippen LogP) is 12.4. The summed E-state index contributed by atoms with van der Waals surface area (Å²) in [5, 5.41) is 32.9. The summed E-state index contributed by atoms with van der Waals surface area (Å²) >= 11 is 0. The van der Waals surface area contributed by atoms with Gasteiger partial charge in [-0.1, -0.05) is 249 Å².